The van der Waals surface area contributed by atoms with E-state index in [4.69, 9.17) is 33.3 Å². The third-order valence-corrected chi connectivity index (χ3v) is 6.25. The van der Waals surface area contributed by atoms with Gasteiger partial charge in [-0.05, 0) is 66.3 Å². The number of carbonyl (C=O) groups excluding carboxylic acids is 2. The summed E-state index contributed by atoms with van der Waals surface area (Å²) in [6.07, 6.45) is 0.00260. The number of fused-ring (bicyclic) bond motifs is 1. The van der Waals surface area contributed by atoms with Crippen molar-refractivity contribution in [3.63, 3.8) is 0 Å². The number of nitrogens with one attached hydrogen (secondary N) is 1. The number of rotatable bonds is 5. The molecule has 7 nitrogen and oxygen atoms in total. The third kappa shape index (κ3) is 4.42. The third-order valence-electron chi connectivity index (χ3n) is 5.66. The van der Waals surface area contributed by atoms with Crippen LogP contribution in [0.25, 0.3) is 0 Å². The molecule has 0 bridgehead atoms. The Bertz CT molecular complexity index is 1250. The van der Waals surface area contributed by atoms with Crippen LogP contribution in [0.5, 0.6) is 11.5 Å². The Morgan fingerprint density at radius 1 is 1.03 bits per heavy atom. The highest BCUT2D eigenvalue weighted by molar-refractivity contribution is 7.80. The maximum absolute atomic E-state index is 13.5. The number of amides is 2. The van der Waals surface area contributed by atoms with Gasteiger partial charge in [0.25, 0.3) is 5.91 Å². The summed E-state index contributed by atoms with van der Waals surface area (Å²) in [5.41, 5.74) is 2.13. The molecule has 9 heteroatoms. The SMILES string of the molecule is O=C1C[C@@H](N(Cc2ccc3c(c2)OCO3)C(=S)Nc2ccccc2)C(=O)N1c1ccc(Cl)cc1. The molecule has 2 aliphatic heterocycles. The Hall–Kier alpha value is -3.62. The average Bonchev–Trinajstić information content (AvgIpc) is 3.42. The van der Waals surface area contributed by atoms with E-state index >= 15 is 0 Å². The first-order valence-electron chi connectivity index (χ1n) is 10.6. The molecule has 5 rings (SSSR count). The molecular formula is C25H20ClN3O4S. The van der Waals surface area contributed by atoms with Gasteiger partial charge in [0.2, 0.25) is 12.7 Å². The van der Waals surface area contributed by atoms with Crippen LogP contribution >= 0.6 is 23.8 Å². The number of benzene rings is 3. The zero-order chi connectivity index (χ0) is 23.7. The molecule has 1 fully saturated rings. The standard InChI is InChI=1S/C25H20ClN3O4S/c26-17-7-9-19(10-8-17)29-23(30)13-20(24(29)31)28(25(34)27-18-4-2-1-3-5-18)14-16-6-11-21-22(12-16)33-15-32-21/h1-12,20H,13-15H2,(H,27,34)/t20-/m1/s1. The Kier molecular flexibility index (Phi) is 6.08. The normalized spacial score (nSPS) is 16.6. The Labute approximate surface area is 206 Å². The molecule has 2 heterocycles. The summed E-state index contributed by atoms with van der Waals surface area (Å²) in [6.45, 7) is 0.468. The van der Waals surface area contributed by atoms with E-state index in [0.29, 0.717) is 33.9 Å². The lowest BCUT2D eigenvalue weighted by Crippen LogP contribution is -2.46. The van der Waals surface area contributed by atoms with E-state index in [-0.39, 0.29) is 25.0 Å². The lowest BCUT2D eigenvalue weighted by atomic mass is 10.1. The van der Waals surface area contributed by atoms with Crippen LogP contribution in [-0.4, -0.2) is 34.7 Å². The van der Waals surface area contributed by atoms with E-state index in [1.165, 1.54) is 4.90 Å². The molecule has 34 heavy (non-hydrogen) atoms. The smallest absolute Gasteiger partial charge is 0.257 e. The van der Waals surface area contributed by atoms with E-state index in [1.54, 1.807) is 29.2 Å². The van der Waals surface area contributed by atoms with Crippen LogP contribution in [-0.2, 0) is 16.1 Å². The van der Waals surface area contributed by atoms with E-state index in [2.05, 4.69) is 5.32 Å². The topological polar surface area (TPSA) is 71.1 Å². The summed E-state index contributed by atoms with van der Waals surface area (Å²) in [4.78, 5) is 29.3. The molecule has 0 unspecified atom stereocenters. The van der Waals surface area contributed by atoms with Crippen molar-refractivity contribution in [3.05, 3.63) is 83.4 Å². The van der Waals surface area contributed by atoms with Crippen molar-refractivity contribution in [2.75, 3.05) is 17.0 Å². The van der Waals surface area contributed by atoms with Gasteiger partial charge in [-0.15, -0.1) is 0 Å². The molecule has 2 aliphatic rings. The Morgan fingerprint density at radius 3 is 2.53 bits per heavy atom. The van der Waals surface area contributed by atoms with Crippen molar-refractivity contribution in [1.29, 1.82) is 0 Å². The predicted molar refractivity (Wildman–Crippen MR) is 133 cm³/mol. The summed E-state index contributed by atoms with van der Waals surface area (Å²) < 4.78 is 10.9. The van der Waals surface area contributed by atoms with Gasteiger partial charge in [0, 0.05) is 17.3 Å². The highest BCUT2D eigenvalue weighted by Crippen LogP contribution is 2.34. The molecular weight excluding hydrogens is 474 g/mol. The maximum Gasteiger partial charge on any atom is 0.257 e. The molecule has 0 radical (unpaired) electrons. The summed E-state index contributed by atoms with van der Waals surface area (Å²) >= 11 is 11.7. The van der Waals surface area contributed by atoms with Gasteiger partial charge >= 0.3 is 0 Å². The maximum atomic E-state index is 13.5. The molecule has 1 N–H and O–H groups in total. The number of para-hydroxylation sites is 1. The van der Waals surface area contributed by atoms with Crippen LogP contribution in [0.3, 0.4) is 0 Å². The quantitative estimate of drug-likeness (QED) is 0.411. The second-order valence-electron chi connectivity index (χ2n) is 7.88. The summed E-state index contributed by atoms with van der Waals surface area (Å²) in [7, 11) is 0. The van der Waals surface area contributed by atoms with Gasteiger partial charge in [0.1, 0.15) is 6.04 Å². The number of carbonyl (C=O) groups is 2. The Balaban J connectivity index is 1.44. The van der Waals surface area contributed by atoms with Crippen LogP contribution in [0.15, 0.2) is 72.8 Å². The lowest BCUT2D eigenvalue weighted by molar-refractivity contribution is -0.122. The predicted octanol–water partition coefficient (Wildman–Crippen LogP) is 4.60. The fourth-order valence-electron chi connectivity index (χ4n) is 4.00. The van der Waals surface area contributed by atoms with Gasteiger partial charge in [-0.1, -0.05) is 35.9 Å². The van der Waals surface area contributed by atoms with Crippen molar-refractivity contribution in [1.82, 2.24) is 4.90 Å². The second kappa shape index (κ2) is 9.32. The van der Waals surface area contributed by atoms with Gasteiger partial charge in [0.05, 0.1) is 12.1 Å². The largest absolute Gasteiger partial charge is 0.454 e. The molecule has 172 valence electrons. The highest BCUT2D eigenvalue weighted by atomic mass is 35.5. The van der Waals surface area contributed by atoms with E-state index in [0.717, 1.165) is 11.3 Å². The molecule has 1 saturated heterocycles. The van der Waals surface area contributed by atoms with Crippen LogP contribution in [0.2, 0.25) is 5.02 Å². The minimum atomic E-state index is -0.766. The van der Waals surface area contributed by atoms with Gasteiger partial charge in [-0.3, -0.25) is 9.59 Å². The lowest BCUT2D eigenvalue weighted by Gasteiger charge is -2.30. The fourth-order valence-corrected chi connectivity index (χ4v) is 4.43. The summed E-state index contributed by atoms with van der Waals surface area (Å²) in [5, 5.41) is 4.06. The van der Waals surface area contributed by atoms with Crippen LogP contribution in [0.4, 0.5) is 11.4 Å². The van der Waals surface area contributed by atoms with Gasteiger partial charge < -0.3 is 19.7 Å². The van der Waals surface area contributed by atoms with Crippen LogP contribution < -0.4 is 19.7 Å². The number of halogens is 1. The zero-order valence-corrected chi connectivity index (χ0v) is 19.5. The van der Waals surface area contributed by atoms with E-state index in [1.807, 2.05) is 48.5 Å². The number of anilines is 2. The number of ether oxygens (including phenoxy) is 2. The molecule has 3 aromatic carbocycles. The number of hydrogen-bond acceptors (Lipinski definition) is 5. The number of nitrogens with zero attached hydrogens (tertiary/aromatic N) is 2. The molecule has 0 aliphatic carbocycles. The number of thiocarbonyl (C=S) groups is 1. The first-order valence-corrected chi connectivity index (χ1v) is 11.4. The van der Waals surface area contributed by atoms with Gasteiger partial charge in [-0.2, -0.15) is 0 Å². The van der Waals surface area contributed by atoms with Crippen LogP contribution in [0, 0.1) is 0 Å². The van der Waals surface area contributed by atoms with E-state index in [9.17, 15) is 9.59 Å². The zero-order valence-electron chi connectivity index (χ0n) is 17.9. The van der Waals surface area contributed by atoms with Gasteiger partial charge in [-0.25, -0.2) is 4.90 Å². The second-order valence-corrected chi connectivity index (χ2v) is 8.70. The van der Waals surface area contributed by atoms with Gasteiger partial charge in [0.15, 0.2) is 16.6 Å². The summed E-state index contributed by atoms with van der Waals surface area (Å²) in [5.74, 6) is 0.665. The highest BCUT2D eigenvalue weighted by Gasteiger charge is 2.43. The number of hydrogen-bond donors (Lipinski definition) is 1. The number of imide groups is 1. The minimum absolute atomic E-state index is 0.00260. The van der Waals surface area contributed by atoms with Crippen molar-refractivity contribution in [2.24, 2.45) is 0 Å². The average molecular weight is 494 g/mol. The molecule has 0 saturated carbocycles. The van der Waals surface area contributed by atoms with Crippen molar-refractivity contribution < 1.29 is 19.1 Å². The van der Waals surface area contributed by atoms with Crippen molar-refractivity contribution in [3.8, 4) is 11.5 Å². The van der Waals surface area contributed by atoms with E-state index < -0.39 is 6.04 Å². The minimum Gasteiger partial charge on any atom is -0.454 e. The molecule has 3 aromatic rings. The monoisotopic (exact) mass is 493 g/mol. The summed E-state index contributed by atoms with van der Waals surface area (Å²) in [6, 6.07) is 20.9. The molecule has 2 amide bonds. The first-order chi connectivity index (χ1) is 16.5. The first kappa shape index (κ1) is 22.2. The molecule has 0 spiro atoms. The Morgan fingerprint density at radius 2 is 1.76 bits per heavy atom. The molecule has 0 aromatic heterocycles. The van der Waals surface area contributed by atoms with Crippen molar-refractivity contribution >= 4 is 52.1 Å². The van der Waals surface area contributed by atoms with Crippen molar-refractivity contribution in [2.45, 2.75) is 19.0 Å². The van der Waals surface area contributed by atoms with Crippen LogP contribution in [0.1, 0.15) is 12.0 Å². The fraction of sp³-hybridized carbons (Fsp3) is 0.160. The molecule has 1 atom stereocenters.